The Bertz CT molecular complexity index is 5310. The van der Waals surface area contributed by atoms with Crippen LogP contribution in [0.2, 0.25) is 0 Å². The van der Waals surface area contributed by atoms with E-state index in [0.29, 0.717) is 78.1 Å². The number of alkyl halides is 3. The molecule has 0 unspecified atom stereocenters. The monoisotopic (exact) mass is 2190 g/mol. The number of amides is 6. The minimum absolute atomic E-state index is 0. The number of aromatic nitrogens is 20. The van der Waals surface area contributed by atoms with Gasteiger partial charge in [-0.05, 0) is 255 Å². The first kappa shape index (κ1) is 118. The van der Waals surface area contributed by atoms with Gasteiger partial charge in [0.15, 0.2) is 28.7 Å². The second-order valence-corrected chi connectivity index (χ2v) is 32.7. The van der Waals surface area contributed by atoms with Crippen molar-refractivity contribution in [2.75, 3.05) is 53.1 Å². The van der Waals surface area contributed by atoms with Crippen molar-refractivity contribution in [2.24, 2.45) is 5.73 Å². The number of primary amides is 1. The Balaban J connectivity index is 0.000000350. The van der Waals surface area contributed by atoms with Crippen LogP contribution in [0.15, 0.2) is 151 Å². The predicted molar refractivity (Wildman–Crippen MR) is 520 cm³/mol. The molecule has 5 aliphatic rings. The number of ether oxygens (including phenoxy) is 2. The molecule has 0 saturated heterocycles. The third-order valence-electron chi connectivity index (χ3n) is 19.7. The summed E-state index contributed by atoms with van der Waals surface area (Å²) in [6.45, 7) is 0.0326. The van der Waals surface area contributed by atoms with Crippen LogP contribution in [-0.2, 0) is 121 Å². The topological polar surface area (TPSA) is 530 Å². The molecule has 11 heterocycles. The van der Waals surface area contributed by atoms with Gasteiger partial charge in [-0.25, -0.2) is 40.1 Å². The number of carbonyl (C=O) groups excluding carboxylic acids is 8. The van der Waals surface area contributed by atoms with E-state index in [0.717, 1.165) is 43.8 Å². The third-order valence-corrected chi connectivity index (χ3v) is 20.8. The number of aliphatic hydroxyl groups is 1. The molecule has 0 aromatic carbocycles. The molecule has 0 spiro atoms. The van der Waals surface area contributed by atoms with Crippen molar-refractivity contribution >= 4 is 111 Å². The van der Waals surface area contributed by atoms with Gasteiger partial charge in [-0.2, -0.15) is 15.3 Å². The molecule has 0 radical (unpaired) electrons. The Morgan fingerprint density at radius 2 is 0.737 bits per heavy atom. The molecular formula is C92H121Br2F3IN27O11Zn. The Kier molecular flexibility index (Phi) is 54.5. The molecule has 0 bridgehead atoms. The fourth-order valence-corrected chi connectivity index (χ4v) is 12.8. The number of aryl methyl sites for hydroxylation is 3. The van der Waals surface area contributed by atoms with E-state index >= 15 is 0 Å². The summed E-state index contributed by atoms with van der Waals surface area (Å²) in [6.07, 6.45) is 27.3. The van der Waals surface area contributed by atoms with E-state index < -0.39 is 18.5 Å². The molecule has 3 atom stereocenters. The minimum atomic E-state index is -1.19. The summed E-state index contributed by atoms with van der Waals surface area (Å²) in [7, 11) is 8.23. The number of hydrogen-bond acceptors (Lipinski definition) is 29. The first-order chi connectivity index (χ1) is 64.3. The van der Waals surface area contributed by atoms with Gasteiger partial charge in [-0.3, -0.25) is 63.3 Å². The van der Waals surface area contributed by atoms with Gasteiger partial charge in [0, 0.05) is 80.8 Å². The van der Waals surface area contributed by atoms with Crippen molar-refractivity contribution in [2.45, 2.75) is 219 Å². The van der Waals surface area contributed by atoms with Gasteiger partial charge in [0.2, 0.25) is 17.7 Å². The number of esters is 2. The van der Waals surface area contributed by atoms with Crippen LogP contribution in [0.1, 0.15) is 229 Å². The zero-order chi connectivity index (χ0) is 96.0. The number of aliphatic hydroxyl groups excluding tert-OH is 1. The summed E-state index contributed by atoms with van der Waals surface area (Å²) in [6, 6.07) is 30.0. The summed E-state index contributed by atoms with van der Waals surface area (Å²) in [4.78, 5) is 112. The number of halogens is 6. The molecule has 11 aromatic heterocycles. The van der Waals surface area contributed by atoms with Crippen LogP contribution in [0.25, 0.3) is 0 Å². The number of nitrogens with one attached hydrogen (secondary N) is 5. The molecule has 45 heteroatoms. The fourth-order valence-electron chi connectivity index (χ4n) is 12.2. The normalized spacial score (nSPS) is 13.1. The number of hydrogen-bond donors (Lipinski definition) is 8. The van der Waals surface area contributed by atoms with Gasteiger partial charge in [-0.1, -0.05) is 53.9 Å². The zero-order valence-electron chi connectivity index (χ0n) is 75.2. The third kappa shape index (κ3) is 45.8. The number of rotatable bonds is 34. The predicted octanol–water partition coefficient (Wildman–Crippen LogP) is 12.4. The Morgan fingerprint density at radius 1 is 0.445 bits per heavy atom. The van der Waals surface area contributed by atoms with Crippen molar-refractivity contribution in [3.05, 3.63) is 246 Å². The van der Waals surface area contributed by atoms with Crippen LogP contribution in [0, 0.1) is 10.1 Å². The van der Waals surface area contributed by atoms with Crippen LogP contribution in [0.3, 0.4) is 0 Å². The molecule has 5 aliphatic carbocycles. The Labute approximate surface area is 834 Å². The molecular weight excluding hydrogens is 2070 g/mol. The van der Waals surface area contributed by atoms with Crippen molar-refractivity contribution in [1.82, 2.24) is 123 Å². The second-order valence-electron chi connectivity index (χ2n) is 30.6. The van der Waals surface area contributed by atoms with E-state index in [-0.39, 0.29) is 157 Å². The van der Waals surface area contributed by atoms with E-state index in [2.05, 4.69) is 181 Å². The maximum absolute atomic E-state index is 14.3. The SMILES string of the molecule is C.C.C.CNC(=O)c1cn(C[C@H](F)CCc2ccc(I)nn2)nn1.CNC(=O)c1cn(C[C@H](F)CCc2ccc(NC(=O)Cc3cc(C4CC4)ccn3)nn2)nn1.CNC(=O)c1cn(C[C@H](F)CCc2ccc(NC(=O)Cc3cc(C4CC4)ccn3)nn2)nn1.CO.COC(=O)Cc1cc(Br)ccn1.COC(=O)Cc1cc(C2CC2)ccn1.N.NC(=O)Cc1cc(C2CC2)ccn1.[CH-]1CC1.[Zn+][Br]. The number of methoxy groups -OCH3 is 2. The average molecular weight is 2190 g/mol. The molecule has 11 aromatic rings. The van der Waals surface area contributed by atoms with E-state index in [1.54, 1.807) is 67.4 Å². The molecule has 137 heavy (non-hydrogen) atoms. The molecule has 11 N–H and O–H groups in total. The van der Waals surface area contributed by atoms with Gasteiger partial charge in [0.25, 0.3) is 17.7 Å². The number of anilines is 2. The number of nitrogens with zero attached hydrogens (tertiary/aromatic N) is 20. The molecule has 734 valence electrons. The summed E-state index contributed by atoms with van der Waals surface area (Å²) >= 11 is 9.60. The molecule has 5 fully saturated rings. The van der Waals surface area contributed by atoms with Gasteiger partial charge >= 0.3 is 41.9 Å². The van der Waals surface area contributed by atoms with E-state index in [1.165, 1.54) is 171 Å². The van der Waals surface area contributed by atoms with E-state index in [1.807, 2.05) is 60.7 Å². The first-order valence-electron chi connectivity index (χ1n) is 42.7. The number of nitrogens with two attached hydrogens (primary N) is 1. The van der Waals surface area contributed by atoms with Crippen LogP contribution >= 0.6 is 52.1 Å². The van der Waals surface area contributed by atoms with Crippen molar-refractivity contribution in [3.63, 3.8) is 0 Å². The van der Waals surface area contributed by atoms with Crippen molar-refractivity contribution < 1.29 is 82.5 Å². The standard InChI is InChI=1S/2C22H25FN8O2.C12H14FIN6O.C11H13NO2.C10H12N2O.C8H8BrNO2.C3H5.CH4O.3CH4.BrH.H3N.Zn/c2*1-24-22(33)19-13-31(30-28-19)12-16(23)4-5-17-6-7-20(29-27-17)26-21(32)11-18-10-15(8-9-25-18)14-2-3-14;1-15-12(21)10-7-20(19-17-10)6-8(13)2-3-9-4-5-11(14)18-16-9;1-14-11(13)7-10-6-9(4-5-12-10)8-2-3-8;11-10(13)6-9-5-8(3-4-12-9)7-1-2-7;1-12-8(11)5-7-4-6(9)2-3-10-7;1-2-3-1;1-2;;;;;;/h2*6-10,13-14,16H,2-5,11-12H2,1H3,(H,24,33)(H,26,29,32);4-5,7-8H,2-3,6H2,1H3,(H,15,21);4-6,8H,2-3,7H2,1H3;3-5,7H,1-2,6H2,(H2,11,13);2-4H,5H2,1H3;1H,2-3H2;2H,1H3;3*1H4;1H;1H3;/q;;;;;;-1;;;;;;;+2/p-1/t2*16-;8-;;;;;;;;;;;/m111.........../s1. The van der Waals surface area contributed by atoms with Crippen LogP contribution < -0.4 is 38.5 Å². The molecule has 6 amide bonds. The zero-order valence-corrected chi connectivity index (χ0v) is 83.5. The average Bonchev–Trinajstić information content (AvgIpc) is 1.72. The van der Waals surface area contributed by atoms with Crippen molar-refractivity contribution in [3.8, 4) is 0 Å². The second kappa shape index (κ2) is 63.6. The van der Waals surface area contributed by atoms with Gasteiger partial charge in [-0.15, -0.1) is 30.6 Å². The van der Waals surface area contributed by atoms with Crippen LogP contribution in [-0.4, -0.2) is 214 Å². The summed E-state index contributed by atoms with van der Waals surface area (Å²) in [5.41, 5.74) is 16.3. The molecule has 16 rings (SSSR count). The fraction of sp³-hybridized carbons (Fsp3) is 0.435. The number of carbonyl (C=O) groups is 8. The van der Waals surface area contributed by atoms with Gasteiger partial charge in [0.1, 0.15) is 22.2 Å². The Morgan fingerprint density at radius 3 is 1.00 bits per heavy atom. The first-order valence-corrected chi connectivity index (χ1v) is 51.5. The number of pyridine rings is 5. The van der Waals surface area contributed by atoms with Crippen molar-refractivity contribution in [1.29, 1.82) is 0 Å². The molecule has 0 aliphatic heterocycles. The van der Waals surface area contributed by atoms with E-state index in [4.69, 9.17) is 10.8 Å². The summed E-state index contributed by atoms with van der Waals surface area (Å²) < 4.78 is 57.3. The van der Waals surface area contributed by atoms with Crippen LogP contribution in [0.5, 0.6) is 0 Å². The summed E-state index contributed by atoms with van der Waals surface area (Å²) in [5, 5.41) is 66.1. The van der Waals surface area contributed by atoms with E-state index in [9.17, 15) is 51.5 Å². The van der Waals surface area contributed by atoms with Gasteiger partial charge < -0.3 is 59.5 Å². The van der Waals surface area contributed by atoms with Crippen LogP contribution in [0.4, 0.5) is 24.8 Å². The maximum atomic E-state index is 14.3. The quantitative estimate of drug-likeness (QED) is 0.00803. The molecule has 5 saturated carbocycles. The Hall–Kier alpha value is -11.8. The summed E-state index contributed by atoms with van der Waals surface area (Å²) in [5.74, 6) is 0.939. The molecule has 38 nitrogen and oxygen atoms in total. The van der Waals surface area contributed by atoms with Gasteiger partial charge in [0.05, 0.1) is 113 Å².